The minimum atomic E-state index is -0.741. The molecule has 0 radical (unpaired) electrons. The Morgan fingerprint density at radius 3 is 0.646 bits per heavy atom. The first-order chi connectivity index (χ1) is 23.5. The normalized spacial score (nSPS) is 13.0. The fourth-order valence-electron chi connectivity index (χ4n) is 3.69. The number of allylic oxidation sites excluding steroid dienone is 24. The first-order valence-electron chi connectivity index (χ1n) is 17.8. The lowest BCUT2D eigenvalue weighted by atomic mass is 10.2. The molecule has 0 amide bonds. The minimum Gasteiger partial charge on any atom is -0.481 e. The highest BCUT2D eigenvalue weighted by Crippen LogP contribution is 1.99. The van der Waals surface area contributed by atoms with Gasteiger partial charge in [-0.3, -0.25) is 9.59 Å². The molecule has 0 aromatic carbocycles. The second-order valence-electron chi connectivity index (χ2n) is 10.7. The van der Waals surface area contributed by atoms with Gasteiger partial charge in [0.1, 0.15) is 0 Å². The van der Waals surface area contributed by atoms with Gasteiger partial charge in [0.15, 0.2) is 0 Å². The molecule has 0 saturated heterocycles. The third kappa shape index (κ3) is 48.7. The predicted octanol–water partition coefficient (Wildman–Crippen LogP) is 13.1. The molecule has 0 aromatic rings. The number of hydrogen-bond donors (Lipinski definition) is 2. The van der Waals surface area contributed by atoms with E-state index in [-0.39, 0.29) is 12.8 Å². The van der Waals surface area contributed by atoms with Crippen LogP contribution in [0.1, 0.15) is 117 Å². The fourth-order valence-corrected chi connectivity index (χ4v) is 3.69. The van der Waals surface area contributed by atoms with E-state index < -0.39 is 11.9 Å². The van der Waals surface area contributed by atoms with E-state index in [9.17, 15) is 9.59 Å². The van der Waals surface area contributed by atoms with Crippen molar-refractivity contribution in [2.45, 2.75) is 117 Å². The Morgan fingerprint density at radius 2 is 0.479 bits per heavy atom. The van der Waals surface area contributed by atoms with Crippen molar-refractivity contribution in [1.82, 2.24) is 0 Å². The van der Waals surface area contributed by atoms with Gasteiger partial charge in [-0.2, -0.15) is 0 Å². The number of rotatable bonds is 28. The molecule has 0 aromatic heterocycles. The average Bonchev–Trinajstić information content (AvgIpc) is 3.07. The first-order valence-corrected chi connectivity index (χ1v) is 17.8. The third-order valence-electron chi connectivity index (χ3n) is 6.24. The van der Waals surface area contributed by atoms with Crippen molar-refractivity contribution >= 4 is 11.9 Å². The monoisotopic (exact) mass is 656 g/mol. The summed E-state index contributed by atoms with van der Waals surface area (Å²) in [4.78, 5) is 20.6. The standard InChI is InChI=1S/2C22H32O2/c2*1-2-3-4-5-6-7-8-9-10-11-12-13-14-15-16-17-18-19-20-21-22(23)24/h2*3-4,6-7,9-10,12-13,15-16,18-19H,2,5,8,11,14,17,20-21H2,1H3,(H,23,24)/b2*4-3-,7-6-,10-9-,13-12-,16-15-,19-18-. The molecular formula is C44H64O4. The van der Waals surface area contributed by atoms with Crippen molar-refractivity contribution in [3.05, 3.63) is 146 Å². The van der Waals surface area contributed by atoms with Crippen LogP contribution in [-0.2, 0) is 9.59 Å². The van der Waals surface area contributed by atoms with E-state index in [1.807, 2.05) is 24.3 Å². The van der Waals surface area contributed by atoms with E-state index in [2.05, 4.69) is 135 Å². The molecule has 0 atom stereocenters. The molecule has 0 fully saturated rings. The van der Waals surface area contributed by atoms with Crippen LogP contribution in [0.15, 0.2) is 146 Å². The summed E-state index contributed by atoms with van der Waals surface area (Å²) in [5.41, 5.74) is 0. The van der Waals surface area contributed by atoms with E-state index in [0.29, 0.717) is 12.8 Å². The Morgan fingerprint density at radius 1 is 0.312 bits per heavy atom. The molecule has 0 heterocycles. The van der Waals surface area contributed by atoms with Crippen molar-refractivity contribution in [3.63, 3.8) is 0 Å². The maximum absolute atomic E-state index is 10.3. The smallest absolute Gasteiger partial charge is 0.303 e. The quantitative estimate of drug-likeness (QED) is 0.0822. The maximum Gasteiger partial charge on any atom is 0.303 e. The van der Waals surface area contributed by atoms with Gasteiger partial charge in [-0.05, 0) is 89.9 Å². The summed E-state index contributed by atoms with van der Waals surface area (Å²) in [7, 11) is 0. The molecular weight excluding hydrogens is 592 g/mol. The summed E-state index contributed by atoms with van der Waals surface area (Å²) in [6.45, 7) is 4.29. The second-order valence-corrected chi connectivity index (χ2v) is 10.7. The highest BCUT2D eigenvalue weighted by atomic mass is 16.4. The molecule has 48 heavy (non-hydrogen) atoms. The predicted molar refractivity (Wildman–Crippen MR) is 210 cm³/mol. The van der Waals surface area contributed by atoms with Crippen molar-refractivity contribution in [3.8, 4) is 0 Å². The molecule has 0 saturated carbocycles. The summed E-state index contributed by atoms with van der Waals surface area (Å²) < 4.78 is 0. The molecule has 264 valence electrons. The van der Waals surface area contributed by atoms with Crippen molar-refractivity contribution in [2.75, 3.05) is 0 Å². The lowest BCUT2D eigenvalue weighted by molar-refractivity contribution is -0.137. The van der Waals surface area contributed by atoms with Crippen molar-refractivity contribution in [1.29, 1.82) is 0 Å². The van der Waals surface area contributed by atoms with E-state index >= 15 is 0 Å². The van der Waals surface area contributed by atoms with Crippen LogP contribution in [0.3, 0.4) is 0 Å². The summed E-state index contributed by atoms with van der Waals surface area (Å²) in [5.74, 6) is -1.48. The molecule has 2 N–H and O–H groups in total. The van der Waals surface area contributed by atoms with Crippen LogP contribution in [0.2, 0.25) is 0 Å². The maximum atomic E-state index is 10.3. The zero-order valence-corrected chi connectivity index (χ0v) is 29.9. The Kier molecular flexibility index (Phi) is 41.0. The zero-order chi connectivity index (χ0) is 35.4. The Hall–Kier alpha value is -4.18. The molecule has 0 rings (SSSR count). The lowest BCUT2D eigenvalue weighted by Gasteiger charge is -1.87. The number of carboxylic acids is 2. The van der Waals surface area contributed by atoms with Crippen molar-refractivity contribution < 1.29 is 19.8 Å². The van der Waals surface area contributed by atoms with Gasteiger partial charge in [0.2, 0.25) is 0 Å². The van der Waals surface area contributed by atoms with Crippen LogP contribution in [0, 0.1) is 0 Å². The SMILES string of the molecule is CC/C=C\C/C=C\C/C=C\C/C=C\C/C=C\C/C=C\CCC(=O)O.CC/C=C\C/C=C\C/C=C\C/C=C\C/C=C\C/C=C\CCC(=O)O. The Labute approximate surface area is 293 Å². The van der Waals surface area contributed by atoms with Crippen LogP contribution < -0.4 is 0 Å². The third-order valence-corrected chi connectivity index (χ3v) is 6.24. The van der Waals surface area contributed by atoms with Crippen LogP contribution >= 0.6 is 0 Å². The van der Waals surface area contributed by atoms with E-state index in [0.717, 1.165) is 77.0 Å². The highest BCUT2D eigenvalue weighted by molar-refractivity contribution is 5.67. The molecule has 0 aliphatic rings. The number of hydrogen-bond acceptors (Lipinski definition) is 2. The fraction of sp³-hybridized carbons (Fsp3) is 0.409. The van der Waals surface area contributed by atoms with Gasteiger partial charge in [0, 0.05) is 12.8 Å². The Bertz CT molecular complexity index is 1010. The molecule has 0 aliphatic heterocycles. The first kappa shape index (κ1) is 45.9. The number of carboxylic acid groups (broad SMARTS) is 2. The minimum absolute atomic E-state index is 0.210. The van der Waals surface area contributed by atoms with Gasteiger partial charge in [-0.1, -0.05) is 160 Å². The lowest BCUT2D eigenvalue weighted by Crippen LogP contribution is -1.91. The largest absolute Gasteiger partial charge is 0.481 e. The van der Waals surface area contributed by atoms with E-state index in [4.69, 9.17) is 10.2 Å². The van der Waals surface area contributed by atoms with Gasteiger partial charge in [-0.25, -0.2) is 0 Å². The number of aliphatic carboxylic acids is 2. The summed E-state index contributed by atoms with van der Waals surface area (Å²) >= 11 is 0. The molecule has 0 unspecified atom stereocenters. The Balaban J connectivity index is 0. The average molecular weight is 657 g/mol. The molecule has 4 nitrogen and oxygen atoms in total. The van der Waals surface area contributed by atoms with E-state index in [1.54, 1.807) is 0 Å². The van der Waals surface area contributed by atoms with Crippen LogP contribution in [0.25, 0.3) is 0 Å². The number of carbonyl (C=O) groups is 2. The second kappa shape index (κ2) is 42.8. The van der Waals surface area contributed by atoms with Crippen LogP contribution in [0.5, 0.6) is 0 Å². The molecule has 4 heteroatoms. The van der Waals surface area contributed by atoms with Crippen LogP contribution in [0.4, 0.5) is 0 Å². The van der Waals surface area contributed by atoms with Gasteiger partial charge in [0.25, 0.3) is 0 Å². The van der Waals surface area contributed by atoms with E-state index in [1.165, 1.54) is 0 Å². The highest BCUT2D eigenvalue weighted by Gasteiger charge is 1.91. The van der Waals surface area contributed by atoms with Gasteiger partial charge >= 0.3 is 11.9 Å². The summed E-state index contributed by atoms with van der Waals surface area (Å²) in [6.07, 6.45) is 64.9. The summed E-state index contributed by atoms with van der Waals surface area (Å²) in [6, 6.07) is 0. The van der Waals surface area contributed by atoms with Gasteiger partial charge in [-0.15, -0.1) is 0 Å². The van der Waals surface area contributed by atoms with Gasteiger partial charge in [0.05, 0.1) is 0 Å². The topological polar surface area (TPSA) is 74.6 Å². The molecule has 0 aliphatic carbocycles. The summed E-state index contributed by atoms with van der Waals surface area (Å²) in [5, 5.41) is 17.0. The van der Waals surface area contributed by atoms with Crippen molar-refractivity contribution in [2.24, 2.45) is 0 Å². The van der Waals surface area contributed by atoms with Gasteiger partial charge < -0.3 is 10.2 Å². The van der Waals surface area contributed by atoms with Crippen LogP contribution in [-0.4, -0.2) is 22.2 Å². The molecule has 0 spiro atoms. The zero-order valence-electron chi connectivity index (χ0n) is 29.9. The molecule has 0 bridgehead atoms.